The monoisotopic (exact) mass is 217 g/mol. The minimum absolute atomic E-state index is 0.605. The van der Waals surface area contributed by atoms with Gasteiger partial charge in [-0.1, -0.05) is 25.7 Å². The van der Waals surface area contributed by atoms with Crippen molar-refractivity contribution < 1.29 is 13.2 Å². The van der Waals surface area contributed by atoms with Crippen molar-refractivity contribution in [1.29, 1.82) is 0 Å². The number of alkyl halides is 3. The van der Waals surface area contributed by atoms with Crippen molar-refractivity contribution in [1.82, 2.24) is 0 Å². The van der Waals surface area contributed by atoms with Gasteiger partial charge >= 0.3 is 6.18 Å². The summed E-state index contributed by atoms with van der Waals surface area (Å²) in [6.07, 6.45) is 1.12. The molecule has 0 amide bonds. The lowest BCUT2D eigenvalue weighted by atomic mass is 10.2. The van der Waals surface area contributed by atoms with E-state index in [1.165, 1.54) is 25.3 Å². The lowest BCUT2D eigenvalue weighted by Crippen LogP contribution is -2.20. The zero-order chi connectivity index (χ0) is 11.9. The Labute approximate surface area is 87.7 Å². The van der Waals surface area contributed by atoms with E-state index in [9.17, 15) is 13.2 Å². The van der Waals surface area contributed by atoms with Crippen LogP contribution in [0.3, 0.4) is 0 Å². The van der Waals surface area contributed by atoms with E-state index in [2.05, 4.69) is 11.6 Å². The van der Waals surface area contributed by atoms with Crippen molar-refractivity contribution in [2.75, 3.05) is 0 Å². The van der Waals surface area contributed by atoms with E-state index in [1.807, 2.05) is 6.92 Å². The van der Waals surface area contributed by atoms with E-state index in [-0.39, 0.29) is 0 Å². The maximum Gasteiger partial charge on any atom is 0.433 e. The molecule has 0 heterocycles. The first-order chi connectivity index (χ1) is 6.95. The Bertz CT molecular complexity index is 295. The molecular weight excluding hydrogens is 203 g/mol. The predicted molar refractivity (Wildman–Crippen MR) is 56.9 cm³/mol. The third kappa shape index (κ3) is 5.20. The van der Waals surface area contributed by atoms with E-state index in [0.29, 0.717) is 12.0 Å². The van der Waals surface area contributed by atoms with Crippen LogP contribution < -0.4 is 0 Å². The average molecular weight is 217 g/mol. The number of allylic oxidation sites excluding steroid dienone is 4. The summed E-state index contributed by atoms with van der Waals surface area (Å²) in [5.41, 5.74) is -0.237. The van der Waals surface area contributed by atoms with Gasteiger partial charge in [0.25, 0.3) is 0 Å². The second kappa shape index (κ2) is 6.22. The van der Waals surface area contributed by atoms with Crippen LogP contribution in [-0.2, 0) is 0 Å². The van der Waals surface area contributed by atoms with Crippen LogP contribution in [0.2, 0.25) is 0 Å². The van der Waals surface area contributed by atoms with Crippen molar-refractivity contribution in [2.24, 2.45) is 4.99 Å². The standard InChI is InChI=1S/C11H14F3N/c1-4-7-10(11(12,13)14)15-8-9(5-2)6-3/h4-5,7-8H,2,6H2,1,3H3/b7-4+,9-8+,15-10-. The molecule has 0 aliphatic carbocycles. The molecule has 0 spiro atoms. The van der Waals surface area contributed by atoms with Crippen LogP contribution in [0.4, 0.5) is 13.2 Å². The Morgan fingerprint density at radius 3 is 2.33 bits per heavy atom. The van der Waals surface area contributed by atoms with Crippen LogP contribution in [0.5, 0.6) is 0 Å². The van der Waals surface area contributed by atoms with E-state index in [4.69, 9.17) is 0 Å². The molecule has 15 heavy (non-hydrogen) atoms. The van der Waals surface area contributed by atoms with Crippen LogP contribution in [-0.4, -0.2) is 11.9 Å². The van der Waals surface area contributed by atoms with Gasteiger partial charge in [0.05, 0.1) is 0 Å². The van der Waals surface area contributed by atoms with Gasteiger partial charge in [0.15, 0.2) is 0 Å². The van der Waals surface area contributed by atoms with Crippen LogP contribution in [0.25, 0.3) is 0 Å². The highest BCUT2D eigenvalue weighted by molar-refractivity contribution is 5.99. The second-order valence-electron chi connectivity index (χ2n) is 2.77. The molecule has 0 radical (unpaired) electrons. The summed E-state index contributed by atoms with van der Waals surface area (Å²) < 4.78 is 37.0. The Morgan fingerprint density at radius 2 is 2.00 bits per heavy atom. The molecule has 84 valence electrons. The summed E-state index contributed by atoms with van der Waals surface area (Å²) >= 11 is 0. The SMILES string of the molecule is C=C\C(=C/N=C(/C=C/C)C(F)(F)F)CC. The fraction of sp³-hybridized carbons (Fsp3) is 0.364. The molecule has 4 heteroatoms. The predicted octanol–water partition coefficient (Wildman–Crippen LogP) is 4.05. The number of rotatable bonds is 4. The molecule has 0 saturated carbocycles. The van der Waals surface area contributed by atoms with Gasteiger partial charge < -0.3 is 0 Å². The van der Waals surface area contributed by atoms with Crippen LogP contribution in [0.1, 0.15) is 20.3 Å². The molecule has 0 unspecified atom stereocenters. The van der Waals surface area contributed by atoms with Gasteiger partial charge in [-0.15, -0.1) is 0 Å². The molecule has 0 saturated heterocycles. The van der Waals surface area contributed by atoms with Crippen LogP contribution in [0, 0.1) is 0 Å². The average Bonchev–Trinajstić information content (AvgIpc) is 2.16. The van der Waals surface area contributed by atoms with Gasteiger partial charge in [0.2, 0.25) is 0 Å². The lowest BCUT2D eigenvalue weighted by molar-refractivity contribution is -0.0576. The number of aliphatic imine (C=N–C) groups is 1. The molecule has 0 aliphatic heterocycles. The molecular formula is C11H14F3N. The first-order valence-corrected chi connectivity index (χ1v) is 4.54. The maximum atomic E-state index is 12.3. The molecule has 0 aromatic rings. The minimum atomic E-state index is -4.41. The largest absolute Gasteiger partial charge is 0.433 e. The first-order valence-electron chi connectivity index (χ1n) is 4.54. The molecule has 0 fully saturated rings. The molecule has 0 aliphatic rings. The van der Waals surface area contributed by atoms with Gasteiger partial charge in [-0.05, 0) is 25.0 Å². The van der Waals surface area contributed by atoms with E-state index in [0.717, 1.165) is 6.08 Å². The third-order valence-electron chi connectivity index (χ3n) is 1.65. The Kier molecular flexibility index (Phi) is 5.67. The molecule has 0 atom stereocenters. The minimum Gasteiger partial charge on any atom is -0.252 e. The molecule has 1 nitrogen and oxygen atoms in total. The molecule has 0 rings (SSSR count). The van der Waals surface area contributed by atoms with Crippen molar-refractivity contribution in [3.05, 3.63) is 36.6 Å². The quantitative estimate of drug-likeness (QED) is 0.497. The molecule has 0 aromatic carbocycles. The fourth-order valence-electron chi connectivity index (χ4n) is 0.809. The van der Waals surface area contributed by atoms with E-state index in [1.54, 1.807) is 0 Å². The Balaban J connectivity index is 5.01. The van der Waals surface area contributed by atoms with Crippen LogP contribution >= 0.6 is 0 Å². The van der Waals surface area contributed by atoms with Gasteiger partial charge in [0.1, 0.15) is 5.71 Å². The Hall–Kier alpha value is -1.32. The summed E-state index contributed by atoms with van der Waals surface area (Å²) in [4.78, 5) is 3.40. The molecule has 0 bridgehead atoms. The van der Waals surface area contributed by atoms with Gasteiger partial charge in [-0.25, -0.2) is 0 Å². The fourth-order valence-corrected chi connectivity index (χ4v) is 0.809. The normalized spacial score (nSPS) is 14.7. The van der Waals surface area contributed by atoms with Gasteiger partial charge in [-0.3, -0.25) is 4.99 Å². The number of nitrogens with zero attached hydrogens (tertiary/aromatic N) is 1. The molecule has 0 N–H and O–H groups in total. The topological polar surface area (TPSA) is 12.4 Å². The Morgan fingerprint density at radius 1 is 1.40 bits per heavy atom. The van der Waals surface area contributed by atoms with Crippen molar-refractivity contribution in [3.63, 3.8) is 0 Å². The highest BCUT2D eigenvalue weighted by Crippen LogP contribution is 2.18. The van der Waals surface area contributed by atoms with E-state index < -0.39 is 11.9 Å². The second-order valence-corrected chi connectivity index (χ2v) is 2.77. The summed E-state index contributed by atoms with van der Waals surface area (Å²) in [5.74, 6) is 0. The summed E-state index contributed by atoms with van der Waals surface area (Å²) in [7, 11) is 0. The smallest absolute Gasteiger partial charge is 0.252 e. The third-order valence-corrected chi connectivity index (χ3v) is 1.65. The summed E-state index contributed by atoms with van der Waals surface area (Å²) in [6, 6.07) is 0. The highest BCUT2D eigenvalue weighted by atomic mass is 19.4. The number of hydrogen-bond acceptors (Lipinski definition) is 1. The van der Waals surface area contributed by atoms with Crippen molar-refractivity contribution in [2.45, 2.75) is 26.4 Å². The van der Waals surface area contributed by atoms with Crippen LogP contribution in [0.15, 0.2) is 41.6 Å². The van der Waals surface area contributed by atoms with E-state index >= 15 is 0 Å². The molecule has 0 aromatic heterocycles. The highest BCUT2D eigenvalue weighted by Gasteiger charge is 2.33. The van der Waals surface area contributed by atoms with Gasteiger partial charge in [0, 0.05) is 6.20 Å². The zero-order valence-corrected chi connectivity index (χ0v) is 8.80. The summed E-state index contributed by atoms with van der Waals surface area (Å²) in [6.45, 7) is 6.82. The first kappa shape index (κ1) is 13.7. The van der Waals surface area contributed by atoms with Crippen molar-refractivity contribution in [3.8, 4) is 0 Å². The number of hydrogen-bond donors (Lipinski definition) is 0. The number of halogens is 3. The lowest BCUT2D eigenvalue weighted by Gasteiger charge is -2.04. The van der Waals surface area contributed by atoms with Gasteiger partial charge in [-0.2, -0.15) is 13.2 Å². The summed E-state index contributed by atoms with van der Waals surface area (Å²) in [5, 5.41) is 0. The van der Waals surface area contributed by atoms with Crippen molar-refractivity contribution >= 4 is 5.71 Å². The maximum absolute atomic E-state index is 12.3. The zero-order valence-electron chi connectivity index (χ0n) is 8.80.